The van der Waals surface area contributed by atoms with Gasteiger partial charge in [0.25, 0.3) is 0 Å². The zero-order valence-corrected chi connectivity index (χ0v) is 7.69. The maximum absolute atomic E-state index is 9.55. The van der Waals surface area contributed by atoms with Gasteiger partial charge in [0.05, 0.1) is 12.7 Å². The molecule has 0 amide bonds. The van der Waals surface area contributed by atoms with E-state index < -0.39 is 6.10 Å². The van der Waals surface area contributed by atoms with Crippen molar-refractivity contribution in [2.45, 2.75) is 31.3 Å². The molecule has 4 unspecified atom stereocenters. The number of rotatable bonds is 3. The minimum atomic E-state index is -0.546. The van der Waals surface area contributed by atoms with Crippen molar-refractivity contribution in [2.24, 2.45) is 0 Å². The Morgan fingerprint density at radius 2 is 2.08 bits per heavy atom. The second-order valence-corrected chi connectivity index (χ2v) is 3.03. The van der Waals surface area contributed by atoms with Crippen molar-refractivity contribution in [3.05, 3.63) is 0 Å². The lowest BCUT2D eigenvalue weighted by Crippen LogP contribution is -2.35. The predicted octanol–water partition coefficient (Wildman–Crippen LogP) is -0.204. The Morgan fingerprint density at radius 3 is 2.58 bits per heavy atom. The van der Waals surface area contributed by atoms with Gasteiger partial charge in [-0.25, -0.2) is 0 Å². The number of hydrogen-bond donors (Lipinski definition) is 1. The molecule has 0 aromatic carbocycles. The standard InChI is InChI=1S/C8H16O4/c1-5-7(9)8(11-3)6(12-5)4-10-2/h5-9H,4H2,1-3H3. The highest BCUT2D eigenvalue weighted by Crippen LogP contribution is 2.23. The Bertz CT molecular complexity index is 139. The zero-order chi connectivity index (χ0) is 9.14. The van der Waals surface area contributed by atoms with E-state index in [1.165, 1.54) is 0 Å². The SMILES string of the molecule is COCC1OC(C)C(O)C1OC. The van der Waals surface area contributed by atoms with Crippen molar-refractivity contribution >= 4 is 0 Å². The third-order valence-corrected chi connectivity index (χ3v) is 2.18. The third-order valence-electron chi connectivity index (χ3n) is 2.18. The maximum atomic E-state index is 9.55. The highest BCUT2D eigenvalue weighted by molar-refractivity contribution is 4.89. The summed E-state index contributed by atoms with van der Waals surface area (Å²) in [5, 5.41) is 9.55. The molecule has 1 rings (SSSR count). The molecule has 0 saturated carbocycles. The van der Waals surface area contributed by atoms with Crippen LogP contribution in [-0.4, -0.2) is 50.3 Å². The van der Waals surface area contributed by atoms with Gasteiger partial charge < -0.3 is 19.3 Å². The summed E-state index contributed by atoms with van der Waals surface area (Å²) >= 11 is 0. The summed E-state index contributed by atoms with van der Waals surface area (Å²) in [6, 6.07) is 0. The van der Waals surface area contributed by atoms with E-state index in [0.717, 1.165) is 0 Å². The van der Waals surface area contributed by atoms with E-state index in [-0.39, 0.29) is 18.3 Å². The number of ether oxygens (including phenoxy) is 3. The first-order valence-electron chi connectivity index (χ1n) is 4.06. The molecule has 0 aromatic heterocycles. The van der Waals surface area contributed by atoms with E-state index in [0.29, 0.717) is 6.61 Å². The van der Waals surface area contributed by atoms with Gasteiger partial charge in [0.2, 0.25) is 0 Å². The van der Waals surface area contributed by atoms with Crippen molar-refractivity contribution in [3.63, 3.8) is 0 Å². The molecule has 12 heavy (non-hydrogen) atoms. The van der Waals surface area contributed by atoms with Gasteiger partial charge >= 0.3 is 0 Å². The smallest absolute Gasteiger partial charge is 0.114 e. The number of hydrogen-bond acceptors (Lipinski definition) is 4. The van der Waals surface area contributed by atoms with Crippen LogP contribution >= 0.6 is 0 Å². The monoisotopic (exact) mass is 176 g/mol. The highest BCUT2D eigenvalue weighted by atomic mass is 16.6. The van der Waals surface area contributed by atoms with E-state index >= 15 is 0 Å². The van der Waals surface area contributed by atoms with E-state index in [9.17, 15) is 5.11 Å². The molecular formula is C8H16O4. The minimum absolute atomic E-state index is 0.148. The van der Waals surface area contributed by atoms with Crippen LogP contribution < -0.4 is 0 Å². The largest absolute Gasteiger partial charge is 0.388 e. The van der Waals surface area contributed by atoms with E-state index in [2.05, 4.69) is 0 Å². The van der Waals surface area contributed by atoms with Crippen LogP contribution in [0.3, 0.4) is 0 Å². The van der Waals surface area contributed by atoms with E-state index in [1.54, 1.807) is 14.2 Å². The summed E-state index contributed by atoms with van der Waals surface area (Å²) in [5.41, 5.74) is 0. The molecule has 4 nitrogen and oxygen atoms in total. The van der Waals surface area contributed by atoms with Crippen molar-refractivity contribution in [2.75, 3.05) is 20.8 Å². The molecule has 0 spiro atoms. The Balaban J connectivity index is 2.52. The summed E-state index contributed by atoms with van der Waals surface area (Å²) < 4.78 is 15.5. The van der Waals surface area contributed by atoms with Crippen molar-refractivity contribution in [1.29, 1.82) is 0 Å². The highest BCUT2D eigenvalue weighted by Gasteiger charge is 2.41. The van der Waals surface area contributed by atoms with Gasteiger partial charge in [-0.15, -0.1) is 0 Å². The number of aliphatic hydroxyl groups excluding tert-OH is 1. The third kappa shape index (κ3) is 1.77. The summed E-state index contributed by atoms with van der Waals surface area (Å²) in [5.74, 6) is 0. The maximum Gasteiger partial charge on any atom is 0.114 e. The quantitative estimate of drug-likeness (QED) is 0.646. The van der Waals surface area contributed by atoms with E-state index in [4.69, 9.17) is 14.2 Å². The molecule has 1 aliphatic heterocycles. The van der Waals surface area contributed by atoms with Gasteiger partial charge in [0, 0.05) is 14.2 Å². The lowest BCUT2D eigenvalue weighted by Gasteiger charge is -2.17. The molecule has 0 bridgehead atoms. The number of aliphatic hydroxyl groups is 1. The van der Waals surface area contributed by atoms with Crippen molar-refractivity contribution in [1.82, 2.24) is 0 Å². The second-order valence-electron chi connectivity index (χ2n) is 3.03. The van der Waals surface area contributed by atoms with Crippen LogP contribution in [0, 0.1) is 0 Å². The minimum Gasteiger partial charge on any atom is -0.388 e. The predicted molar refractivity (Wildman–Crippen MR) is 43.0 cm³/mol. The van der Waals surface area contributed by atoms with Crippen LogP contribution in [-0.2, 0) is 14.2 Å². The molecule has 0 aliphatic carbocycles. The average molecular weight is 176 g/mol. The Labute approximate surface area is 72.4 Å². The fraction of sp³-hybridized carbons (Fsp3) is 1.00. The van der Waals surface area contributed by atoms with Crippen LogP contribution in [0.5, 0.6) is 0 Å². The molecule has 4 atom stereocenters. The zero-order valence-electron chi connectivity index (χ0n) is 7.69. The van der Waals surface area contributed by atoms with Crippen LogP contribution in [0.4, 0.5) is 0 Å². The summed E-state index contributed by atoms with van der Waals surface area (Å²) in [7, 11) is 3.17. The van der Waals surface area contributed by atoms with Gasteiger partial charge in [0.1, 0.15) is 18.3 Å². The molecule has 0 aromatic rings. The Hall–Kier alpha value is -0.160. The molecule has 1 heterocycles. The van der Waals surface area contributed by atoms with Gasteiger partial charge in [-0.05, 0) is 6.92 Å². The van der Waals surface area contributed by atoms with Crippen LogP contribution in [0.25, 0.3) is 0 Å². The molecular weight excluding hydrogens is 160 g/mol. The average Bonchev–Trinajstić information content (AvgIpc) is 2.29. The first-order chi connectivity index (χ1) is 5.70. The summed E-state index contributed by atoms with van der Waals surface area (Å²) in [4.78, 5) is 0. The van der Waals surface area contributed by atoms with Crippen molar-refractivity contribution in [3.8, 4) is 0 Å². The van der Waals surface area contributed by atoms with Gasteiger partial charge in [-0.2, -0.15) is 0 Å². The molecule has 4 heteroatoms. The molecule has 1 N–H and O–H groups in total. The molecule has 1 saturated heterocycles. The van der Waals surface area contributed by atoms with Crippen LogP contribution in [0.1, 0.15) is 6.92 Å². The lowest BCUT2D eigenvalue weighted by atomic mass is 10.1. The lowest BCUT2D eigenvalue weighted by molar-refractivity contribution is -0.0436. The number of methoxy groups -OCH3 is 2. The van der Waals surface area contributed by atoms with Crippen molar-refractivity contribution < 1.29 is 19.3 Å². The normalized spacial score (nSPS) is 42.0. The fourth-order valence-corrected chi connectivity index (χ4v) is 1.51. The molecule has 1 aliphatic rings. The molecule has 1 fully saturated rings. The van der Waals surface area contributed by atoms with Gasteiger partial charge in [-0.3, -0.25) is 0 Å². The topological polar surface area (TPSA) is 47.9 Å². The summed E-state index contributed by atoms with van der Waals surface area (Å²) in [6.07, 6.45) is -1.13. The summed E-state index contributed by atoms with van der Waals surface area (Å²) in [6.45, 7) is 2.28. The second kappa shape index (κ2) is 4.18. The first-order valence-corrected chi connectivity index (χ1v) is 4.06. The Morgan fingerprint density at radius 1 is 1.42 bits per heavy atom. The van der Waals surface area contributed by atoms with Gasteiger partial charge in [0.15, 0.2) is 0 Å². The van der Waals surface area contributed by atoms with Gasteiger partial charge in [-0.1, -0.05) is 0 Å². The Kier molecular flexibility index (Phi) is 3.46. The van der Waals surface area contributed by atoms with E-state index in [1.807, 2.05) is 6.92 Å². The molecule has 0 radical (unpaired) electrons. The van der Waals surface area contributed by atoms with Crippen LogP contribution in [0.2, 0.25) is 0 Å². The molecule has 72 valence electrons. The fourth-order valence-electron chi connectivity index (χ4n) is 1.51. The first kappa shape index (κ1) is 9.92. The van der Waals surface area contributed by atoms with Crippen LogP contribution in [0.15, 0.2) is 0 Å².